The van der Waals surface area contributed by atoms with Crippen molar-refractivity contribution in [3.63, 3.8) is 0 Å². The second-order valence-corrected chi connectivity index (χ2v) is 9.10. The van der Waals surface area contributed by atoms with Crippen molar-refractivity contribution >= 4 is 40.7 Å². The fraction of sp³-hybridized carbons (Fsp3) is 0.269. The van der Waals surface area contributed by atoms with Gasteiger partial charge in [-0.25, -0.2) is 27.6 Å². The highest BCUT2D eigenvalue weighted by Crippen LogP contribution is 2.36. The molecule has 1 aliphatic rings. The van der Waals surface area contributed by atoms with Gasteiger partial charge >= 0.3 is 18.0 Å². The molecule has 0 aliphatic carbocycles. The van der Waals surface area contributed by atoms with E-state index >= 15 is 0 Å². The van der Waals surface area contributed by atoms with Crippen molar-refractivity contribution < 1.29 is 51.2 Å². The SMILES string of the molecule is COC(=O)c1scc(NC(=O)Nc2cc3c(cc2F)OCCCCOc2ccc(F)c(F)c2CO3)c1C(=O)OC. The van der Waals surface area contributed by atoms with Crippen molar-refractivity contribution in [1.29, 1.82) is 0 Å². The maximum Gasteiger partial charge on any atom is 0.349 e. The number of hydrogen-bond donors (Lipinski definition) is 2. The Morgan fingerprint density at radius 1 is 0.825 bits per heavy atom. The molecule has 212 valence electrons. The Bertz CT molecular complexity index is 1450. The van der Waals surface area contributed by atoms with E-state index in [0.29, 0.717) is 12.8 Å². The van der Waals surface area contributed by atoms with Crippen LogP contribution in [-0.2, 0) is 16.1 Å². The van der Waals surface area contributed by atoms with Crippen LogP contribution in [0.5, 0.6) is 17.2 Å². The first-order valence-electron chi connectivity index (χ1n) is 11.8. The number of benzene rings is 2. The van der Waals surface area contributed by atoms with Crippen LogP contribution in [0.3, 0.4) is 0 Å². The molecule has 14 heteroatoms. The van der Waals surface area contributed by atoms with Crippen molar-refractivity contribution in [3.8, 4) is 17.2 Å². The van der Waals surface area contributed by atoms with Gasteiger partial charge in [0.25, 0.3) is 0 Å². The number of methoxy groups -OCH3 is 2. The first-order valence-corrected chi connectivity index (χ1v) is 12.7. The normalized spacial score (nSPS) is 13.0. The maximum atomic E-state index is 15.0. The van der Waals surface area contributed by atoms with Crippen LogP contribution in [0.1, 0.15) is 38.4 Å². The second kappa shape index (κ2) is 12.6. The van der Waals surface area contributed by atoms with E-state index in [9.17, 15) is 27.6 Å². The van der Waals surface area contributed by atoms with E-state index in [2.05, 4.69) is 20.1 Å². The third-order valence-corrected chi connectivity index (χ3v) is 6.62. The third-order valence-electron chi connectivity index (χ3n) is 5.66. The van der Waals surface area contributed by atoms with E-state index in [4.69, 9.17) is 14.2 Å². The van der Waals surface area contributed by atoms with Crippen LogP contribution in [0, 0.1) is 17.5 Å². The van der Waals surface area contributed by atoms with Gasteiger partial charge in [-0.15, -0.1) is 11.3 Å². The van der Waals surface area contributed by atoms with Gasteiger partial charge in [0.15, 0.2) is 29.0 Å². The molecule has 2 N–H and O–H groups in total. The quantitative estimate of drug-likeness (QED) is 0.388. The number of amides is 2. The van der Waals surface area contributed by atoms with Gasteiger partial charge in [-0.2, -0.15) is 0 Å². The van der Waals surface area contributed by atoms with E-state index in [1.165, 1.54) is 11.4 Å². The van der Waals surface area contributed by atoms with Gasteiger partial charge in [-0.3, -0.25) is 0 Å². The summed E-state index contributed by atoms with van der Waals surface area (Å²) in [6.07, 6.45) is 1.05. The Hall–Kier alpha value is -4.46. The van der Waals surface area contributed by atoms with Gasteiger partial charge in [-0.05, 0) is 25.0 Å². The van der Waals surface area contributed by atoms with Crippen molar-refractivity contribution in [1.82, 2.24) is 0 Å². The zero-order valence-corrected chi connectivity index (χ0v) is 22.0. The van der Waals surface area contributed by atoms with Crippen LogP contribution in [0.25, 0.3) is 0 Å². The molecule has 0 radical (unpaired) electrons. The van der Waals surface area contributed by atoms with Crippen LogP contribution in [-0.4, -0.2) is 45.4 Å². The lowest BCUT2D eigenvalue weighted by Gasteiger charge is -2.19. The van der Waals surface area contributed by atoms with Crippen LogP contribution in [0.2, 0.25) is 0 Å². The number of fused-ring (bicyclic) bond motifs is 2. The molecule has 0 bridgehead atoms. The molecule has 2 heterocycles. The van der Waals surface area contributed by atoms with Crippen LogP contribution >= 0.6 is 11.3 Å². The molecule has 2 aromatic carbocycles. The van der Waals surface area contributed by atoms with Gasteiger partial charge in [0.1, 0.15) is 22.8 Å². The Morgan fingerprint density at radius 2 is 1.48 bits per heavy atom. The lowest BCUT2D eigenvalue weighted by molar-refractivity contribution is 0.0561. The van der Waals surface area contributed by atoms with Crippen molar-refractivity contribution in [3.05, 3.63) is 63.1 Å². The number of rotatable bonds is 4. The maximum absolute atomic E-state index is 15.0. The summed E-state index contributed by atoms with van der Waals surface area (Å²) in [7, 11) is 2.22. The van der Waals surface area contributed by atoms with Crippen molar-refractivity contribution in [2.24, 2.45) is 0 Å². The summed E-state index contributed by atoms with van der Waals surface area (Å²) in [5, 5.41) is 5.97. The van der Waals surface area contributed by atoms with Crippen LogP contribution in [0.15, 0.2) is 29.6 Å². The van der Waals surface area contributed by atoms with E-state index in [1.807, 2.05) is 0 Å². The number of esters is 2. The van der Waals surface area contributed by atoms with Crippen molar-refractivity contribution in [2.75, 3.05) is 38.1 Å². The average molecular weight is 581 g/mol. The molecule has 1 aromatic heterocycles. The molecule has 10 nitrogen and oxygen atoms in total. The molecule has 0 saturated heterocycles. The highest BCUT2D eigenvalue weighted by Gasteiger charge is 2.26. The molecule has 4 rings (SSSR count). The fourth-order valence-electron chi connectivity index (χ4n) is 3.69. The van der Waals surface area contributed by atoms with E-state index in [-0.39, 0.29) is 57.8 Å². The van der Waals surface area contributed by atoms with E-state index in [0.717, 1.165) is 43.8 Å². The molecule has 2 amide bonds. The molecule has 0 fully saturated rings. The summed E-state index contributed by atoms with van der Waals surface area (Å²) in [4.78, 5) is 36.9. The summed E-state index contributed by atoms with van der Waals surface area (Å²) in [5.74, 6) is -4.83. The van der Waals surface area contributed by atoms with E-state index in [1.54, 1.807) is 0 Å². The van der Waals surface area contributed by atoms with Crippen molar-refractivity contribution in [2.45, 2.75) is 19.4 Å². The number of anilines is 2. The topological polar surface area (TPSA) is 121 Å². The largest absolute Gasteiger partial charge is 0.493 e. The Balaban J connectivity index is 1.60. The Morgan fingerprint density at radius 3 is 2.17 bits per heavy atom. The molecule has 0 saturated carbocycles. The number of urea groups is 1. The first kappa shape index (κ1) is 28.5. The minimum atomic E-state index is -1.15. The lowest BCUT2D eigenvalue weighted by atomic mass is 10.2. The number of ether oxygens (including phenoxy) is 5. The smallest absolute Gasteiger partial charge is 0.349 e. The van der Waals surface area contributed by atoms with Gasteiger partial charge in [0, 0.05) is 17.5 Å². The van der Waals surface area contributed by atoms with Gasteiger partial charge in [0.2, 0.25) is 0 Å². The summed E-state index contributed by atoms with van der Waals surface area (Å²) >= 11 is 0.834. The van der Waals surface area contributed by atoms with E-state index < -0.39 is 42.0 Å². The Kier molecular flexibility index (Phi) is 8.99. The molecule has 0 spiro atoms. The summed E-state index contributed by atoms with van der Waals surface area (Å²) < 4.78 is 69.6. The zero-order valence-electron chi connectivity index (χ0n) is 21.2. The molecular weight excluding hydrogens is 557 g/mol. The number of halogens is 3. The minimum Gasteiger partial charge on any atom is -0.493 e. The standard InChI is InChI=1S/C26H23F3N2O8S/c1-35-24(32)21-17(12-40-23(21)25(33)36-2)31-26(34)30-16-10-20-19(9-15(16)28)38-8-4-3-7-37-18-6-5-14(27)22(29)13(18)11-39-20/h5-6,9-10,12H,3-4,7-8,11H2,1-2H3,(H2,30,31,34). The monoisotopic (exact) mass is 580 g/mol. The number of carbonyl (C=O) groups excluding carboxylic acids is 3. The highest BCUT2D eigenvalue weighted by molar-refractivity contribution is 7.13. The molecule has 40 heavy (non-hydrogen) atoms. The molecule has 1 aliphatic heterocycles. The lowest BCUT2D eigenvalue weighted by Crippen LogP contribution is -2.22. The highest BCUT2D eigenvalue weighted by atomic mass is 32.1. The number of carbonyl (C=O) groups is 3. The summed E-state index contributed by atoms with van der Waals surface area (Å²) in [5.41, 5.74) is -0.849. The molecule has 3 aromatic rings. The third kappa shape index (κ3) is 6.22. The number of nitrogens with one attached hydrogen (secondary N) is 2. The van der Waals surface area contributed by atoms with Gasteiger partial charge in [-0.1, -0.05) is 0 Å². The summed E-state index contributed by atoms with van der Waals surface area (Å²) in [6, 6.07) is 3.36. The predicted molar refractivity (Wildman–Crippen MR) is 137 cm³/mol. The zero-order chi connectivity index (χ0) is 28.8. The van der Waals surface area contributed by atoms with Crippen LogP contribution in [0.4, 0.5) is 29.3 Å². The second-order valence-electron chi connectivity index (χ2n) is 8.23. The number of thiophene rings is 1. The first-order chi connectivity index (χ1) is 19.2. The van der Waals surface area contributed by atoms with Crippen LogP contribution < -0.4 is 24.8 Å². The Labute approximate surface area is 229 Å². The number of hydrogen-bond acceptors (Lipinski definition) is 9. The predicted octanol–water partition coefficient (Wildman–Crippen LogP) is 5.51. The molecular formula is C26H23F3N2O8S. The average Bonchev–Trinajstić information content (AvgIpc) is 3.35. The van der Waals surface area contributed by atoms with Gasteiger partial charge in [0.05, 0.1) is 44.4 Å². The summed E-state index contributed by atoms with van der Waals surface area (Å²) in [6.45, 7) is -0.0716. The fourth-order valence-corrected chi connectivity index (χ4v) is 4.60. The minimum absolute atomic E-state index is 0.0168. The van der Waals surface area contributed by atoms with Gasteiger partial charge < -0.3 is 34.3 Å². The molecule has 0 unspecified atom stereocenters. The molecule has 0 atom stereocenters.